The van der Waals surface area contributed by atoms with Crippen molar-refractivity contribution in [3.05, 3.63) is 0 Å². The topological polar surface area (TPSA) is 139 Å². The van der Waals surface area contributed by atoms with Crippen LogP contribution in [0.25, 0.3) is 0 Å². The highest BCUT2D eigenvalue weighted by Crippen LogP contribution is 2.08. The van der Waals surface area contributed by atoms with Gasteiger partial charge >= 0.3 is 5.97 Å². The van der Waals surface area contributed by atoms with Crippen molar-refractivity contribution in [3.63, 3.8) is 0 Å². The summed E-state index contributed by atoms with van der Waals surface area (Å²) in [6.07, 6.45) is 1.02. The normalized spacial score (nSPS) is 12.3. The van der Waals surface area contributed by atoms with Crippen molar-refractivity contribution in [1.29, 1.82) is 5.41 Å². The molecule has 0 heterocycles. The minimum absolute atomic E-state index is 0.119. The molecule has 0 amide bonds. The van der Waals surface area contributed by atoms with E-state index >= 15 is 0 Å². The van der Waals surface area contributed by atoms with E-state index in [0.29, 0.717) is 72.1 Å². The first kappa shape index (κ1) is 24.5. The van der Waals surface area contributed by atoms with Crippen molar-refractivity contribution in [2.24, 2.45) is 5.73 Å². The third-order valence-corrected chi connectivity index (χ3v) is 3.60. The molecule has 0 bridgehead atoms. The minimum Gasteiger partial charge on any atom is -0.480 e. The summed E-state index contributed by atoms with van der Waals surface area (Å²) in [5.74, 6) is -1.01. The number of carbonyl (C=O) groups is 1. The summed E-state index contributed by atoms with van der Waals surface area (Å²) in [6, 6.07) is -0.652. The van der Waals surface area contributed by atoms with Gasteiger partial charge in [0.05, 0.1) is 39.6 Å². The molecule has 0 aromatic heterocycles. The van der Waals surface area contributed by atoms with E-state index < -0.39 is 12.0 Å². The third kappa shape index (κ3) is 13.8. The lowest BCUT2D eigenvalue weighted by molar-refractivity contribution is -0.144. The van der Waals surface area contributed by atoms with Crippen LogP contribution in [0, 0.1) is 5.41 Å². The van der Waals surface area contributed by atoms with Gasteiger partial charge in [-0.15, -0.1) is 0 Å². The van der Waals surface area contributed by atoms with Gasteiger partial charge < -0.3 is 35.1 Å². The lowest BCUT2D eigenvalue weighted by Gasteiger charge is -2.28. The van der Waals surface area contributed by atoms with Gasteiger partial charge in [0.15, 0.2) is 5.96 Å². The van der Waals surface area contributed by atoms with Crippen molar-refractivity contribution >= 4 is 11.9 Å². The molecule has 0 spiro atoms. The summed E-state index contributed by atoms with van der Waals surface area (Å²) in [7, 11) is 3.20. The van der Waals surface area contributed by atoms with Crippen LogP contribution in [0.4, 0.5) is 0 Å². The fraction of sp³-hybridized carbons (Fsp3) is 0.875. The molecule has 0 fully saturated rings. The van der Waals surface area contributed by atoms with Crippen LogP contribution in [0.3, 0.4) is 0 Å². The molecular formula is C16H34N4O6. The zero-order chi connectivity index (χ0) is 19.6. The molecule has 0 aliphatic rings. The lowest BCUT2D eigenvalue weighted by atomic mass is 10.1. The van der Waals surface area contributed by atoms with Crippen molar-refractivity contribution in [2.45, 2.75) is 18.9 Å². The Kier molecular flexibility index (Phi) is 16.0. The van der Waals surface area contributed by atoms with Gasteiger partial charge in [-0.05, 0) is 12.8 Å². The van der Waals surface area contributed by atoms with E-state index in [4.69, 9.17) is 30.1 Å². The van der Waals surface area contributed by atoms with Crippen LogP contribution in [0.1, 0.15) is 12.8 Å². The van der Waals surface area contributed by atoms with Gasteiger partial charge in [0.1, 0.15) is 6.04 Å². The average molecular weight is 378 g/mol. The van der Waals surface area contributed by atoms with Crippen molar-refractivity contribution in [3.8, 4) is 0 Å². The summed E-state index contributed by atoms with van der Waals surface area (Å²) in [5, 5.41) is 19.4. The Balaban J connectivity index is 4.48. The zero-order valence-corrected chi connectivity index (χ0v) is 15.9. The van der Waals surface area contributed by atoms with Gasteiger partial charge in [-0.2, -0.15) is 0 Å². The summed E-state index contributed by atoms with van der Waals surface area (Å²) < 4.78 is 20.8. The monoisotopic (exact) mass is 378 g/mol. The summed E-state index contributed by atoms with van der Waals surface area (Å²) in [5.41, 5.74) is 5.23. The number of aliphatic carboxylic acids is 1. The number of nitrogens with two attached hydrogens (primary N) is 1. The molecule has 26 heavy (non-hydrogen) atoms. The van der Waals surface area contributed by atoms with Crippen LogP contribution in [0.2, 0.25) is 0 Å². The fourth-order valence-corrected chi connectivity index (χ4v) is 2.26. The van der Waals surface area contributed by atoms with Crippen LogP contribution < -0.4 is 11.1 Å². The smallest absolute Gasteiger partial charge is 0.320 e. The van der Waals surface area contributed by atoms with Crippen LogP contribution in [-0.4, -0.2) is 101 Å². The van der Waals surface area contributed by atoms with Crippen molar-refractivity contribution < 1.29 is 28.8 Å². The first-order chi connectivity index (χ1) is 12.5. The molecule has 0 aliphatic heterocycles. The highest BCUT2D eigenvalue weighted by Gasteiger charge is 2.24. The summed E-state index contributed by atoms with van der Waals surface area (Å²) >= 11 is 0. The molecule has 0 rings (SSSR count). The number of hydrogen-bond acceptors (Lipinski definition) is 7. The summed E-state index contributed by atoms with van der Waals surface area (Å²) in [4.78, 5) is 13.5. The Hall–Kier alpha value is -1.46. The van der Waals surface area contributed by atoms with Crippen molar-refractivity contribution in [2.75, 3.05) is 73.5 Å². The molecule has 0 radical (unpaired) electrons. The quantitative estimate of drug-likeness (QED) is 0.139. The van der Waals surface area contributed by atoms with Gasteiger partial charge in [-0.1, -0.05) is 0 Å². The molecule has 0 aromatic carbocycles. The number of hydrogen-bond donors (Lipinski definition) is 4. The Morgan fingerprint density at radius 2 is 1.62 bits per heavy atom. The van der Waals surface area contributed by atoms with Gasteiger partial charge in [0, 0.05) is 33.9 Å². The number of guanidine groups is 1. The highest BCUT2D eigenvalue weighted by molar-refractivity contribution is 5.74. The highest BCUT2D eigenvalue weighted by atomic mass is 16.5. The molecular weight excluding hydrogens is 344 g/mol. The fourth-order valence-electron chi connectivity index (χ4n) is 2.26. The predicted molar refractivity (Wildman–Crippen MR) is 97.5 cm³/mol. The second kappa shape index (κ2) is 17.0. The molecule has 5 N–H and O–H groups in total. The molecule has 0 saturated carbocycles. The van der Waals surface area contributed by atoms with E-state index in [1.54, 1.807) is 14.2 Å². The van der Waals surface area contributed by atoms with E-state index in [9.17, 15) is 9.90 Å². The predicted octanol–water partition coefficient (Wildman–Crippen LogP) is -0.669. The third-order valence-electron chi connectivity index (χ3n) is 3.60. The second-order valence-corrected chi connectivity index (χ2v) is 5.58. The maximum absolute atomic E-state index is 11.7. The minimum atomic E-state index is -0.887. The number of rotatable bonds is 18. The van der Waals surface area contributed by atoms with Crippen LogP contribution in [0.5, 0.6) is 0 Å². The standard InChI is InChI=1S/C16H34N4O6/c1-23-10-12-25-8-6-20(7-9-26-13-11-24-2)14(15(21)22)4-3-5-19-16(17)18/h14H,3-13H2,1-2H3,(H,21,22)(H4,17,18,19). The molecule has 1 unspecified atom stereocenters. The number of ether oxygens (including phenoxy) is 4. The Bertz CT molecular complexity index is 359. The van der Waals surface area contributed by atoms with E-state index in [1.165, 1.54) is 0 Å². The molecule has 154 valence electrons. The average Bonchev–Trinajstić information content (AvgIpc) is 2.59. The van der Waals surface area contributed by atoms with Gasteiger partial charge in [-0.25, -0.2) is 0 Å². The number of nitrogens with one attached hydrogen (secondary N) is 2. The molecule has 10 heteroatoms. The molecule has 0 aromatic rings. The Morgan fingerprint density at radius 1 is 1.08 bits per heavy atom. The SMILES string of the molecule is COCCOCCN(CCOCCOC)C(CCCNC(=N)N)C(=O)O. The molecule has 1 atom stereocenters. The van der Waals surface area contributed by atoms with Gasteiger partial charge in [0.2, 0.25) is 0 Å². The van der Waals surface area contributed by atoms with Gasteiger partial charge in [0.25, 0.3) is 0 Å². The first-order valence-electron chi connectivity index (χ1n) is 8.71. The van der Waals surface area contributed by atoms with Crippen molar-refractivity contribution in [1.82, 2.24) is 10.2 Å². The zero-order valence-electron chi connectivity index (χ0n) is 15.9. The number of carboxylic acids is 1. The number of carboxylic acid groups (broad SMARTS) is 1. The number of methoxy groups -OCH3 is 2. The molecule has 0 aliphatic carbocycles. The van der Waals surface area contributed by atoms with Crippen LogP contribution >= 0.6 is 0 Å². The lowest BCUT2D eigenvalue weighted by Crippen LogP contribution is -2.45. The molecule has 0 saturated heterocycles. The Morgan fingerprint density at radius 3 is 2.04 bits per heavy atom. The molecule has 10 nitrogen and oxygen atoms in total. The van der Waals surface area contributed by atoms with E-state index in [0.717, 1.165) is 0 Å². The van der Waals surface area contributed by atoms with Crippen LogP contribution in [0.15, 0.2) is 0 Å². The Labute approximate surface area is 155 Å². The van der Waals surface area contributed by atoms with Crippen LogP contribution in [-0.2, 0) is 23.7 Å². The maximum Gasteiger partial charge on any atom is 0.320 e. The number of nitrogens with zero attached hydrogens (tertiary/aromatic N) is 1. The van der Waals surface area contributed by atoms with E-state index in [-0.39, 0.29) is 5.96 Å². The van der Waals surface area contributed by atoms with E-state index in [1.807, 2.05) is 4.90 Å². The summed E-state index contributed by atoms with van der Waals surface area (Å²) in [6.45, 7) is 4.18. The van der Waals surface area contributed by atoms with E-state index in [2.05, 4.69) is 5.32 Å². The first-order valence-corrected chi connectivity index (χ1v) is 8.71. The largest absolute Gasteiger partial charge is 0.480 e. The second-order valence-electron chi connectivity index (χ2n) is 5.58. The van der Waals surface area contributed by atoms with Gasteiger partial charge in [-0.3, -0.25) is 15.1 Å². The maximum atomic E-state index is 11.7.